The predicted octanol–water partition coefficient (Wildman–Crippen LogP) is 4.11. The SMILES string of the molecule is I.NC(=NCC1C2Cc3ccccc3C12)Nc1ccc2c(c1)CCC2. The number of benzene rings is 2. The van der Waals surface area contributed by atoms with E-state index in [1.807, 2.05) is 0 Å². The number of aryl methyl sites for hydroxylation is 2. The fourth-order valence-electron chi connectivity index (χ4n) is 4.77. The molecule has 1 fully saturated rings. The summed E-state index contributed by atoms with van der Waals surface area (Å²) in [5.74, 6) is 2.74. The number of hydrogen-bond acceptors (Lipinski definition) is 1. The summed E-state index contributed by atoms with van der Waals surface area (Å²) in [6, 6.07) is 15.4. The normalized spacial score (nSPS) is 25.6. The Morgan fingerprint density at radius 3 is 2.84 bits per heavy atom. The number of halogens is 1. The van der Waals surface area contributed by atoms with Gasteiger partial charge in [-0.3, -0.25) is 4.99 Å². The Hall–Kier alpha value is -1.56. The molecule has 3 aliphatic rings. The van der Waals surface area contributed by atoms with Gasteiger partial charge in [-0.05, 0) is 77.8 Å². The quantitative estimate of drug-likeness (QED) is 0.425. The lowest BCUT2D eigenvalue weighted by Crippen LogP contribution is -2.23. The number of nitrogens with one attached hydrogen (secondary N) is 1. The summed E-state index contributed by atoms with van der Waals surface area (Å²) < 4.78 is 0. The average Bonchev–Trinajstić information content (AvgIpc) is 2.95. The van der Waals surface area contributed by atoms with Crippen molar-refractivity contribution >= 4 is 35.6 Å². The minimum atomic E-state index is 0. The lowest BCUT2D eigenvalue weighted by Gasteiger charge is -2.09. The number of nitrogens with zero attached hydrogens (tertiary/aromatic N) is 1. The highest BCUT2D eigenvalue weighted by Crippen LogP contribution is 2.61. The number of aliphatic imine (C=N–C) groups is 1. The largest absolute Gasteiger partial charge is 0.370 e. The molecule has 0 bridgehead atoms. The molecule has 0 aliphatic heterocycles. The molecule has 3 aliphatic carbocycles. The first kappa shape index (κ1) is 16.9. The van der Waals surface area contributed by atoms with Crippen molar-refractivity contribution in [3.8, 4) is 0 Å². The van der Waals surface area contributed by atoms with Gasteiger partial charge in [0.15, 0.2) is 5.96 Å². The van der Waals surface area contributed by atoms with Gasteiger partial charge in [-0.25, -0.2) is 0 Å². The van der Waals surface area contributed by atoms with Crippen LogP contribution < -0.4 is 11.1 Å². The Morgan fingerprint density at radius 1 is 1.08 bits per heavy atom. The molecule has 0 radical (unpaired) electrons. The van der Waals surface area contributed by atoms with Crippen molar-refractivity contribution in [3.05, 3.63) is 64.7 Å². The molecule has 3 unspecified atom stereocenters. The molecule has 4 heteroatoms. The molecular formula is C21H24IN3. The second kappa shape index (κ2) is 6.63. The van der Waals surface area contributed by atoms with Crippen LogP contribution in [0.25, 0.3) is 0 Å². The highest BCUT2D eigenvalue weighted by atomic mass is 127. The summed E-state index contributed by atoms with van der Waals surface area (Å²) in [6.45, 7) is 0.841. The molecule has 0 heterocycles. The zero-order chi connectivity index (χ0) is 16.1. The van der Waals surface area contributed by atoms with Gasteiger partial charge in [0.1, 0.15) is 0 Å². The Bertz CT molecular complexity index is 830. The number of hydrogen-bond donors (Lipinski definition) is 2. The first-order valence-corrected chi connectivity index (χ1v) is 9.06. The Morgan fingerprint density at radius 2 is 1.92 bits per heavy atom. The standard InChI is InChI=1S/C21H23N3.HI/c22-21(24-16-9-8-13-5-3-6-14(13)10-16)23-12-19-18-11-15-4-1-2-7-17(15)20(18)19;/h1-2,4,7-10,18-20H,3,5-6,11-12H2,(H3,22,23,24);1H. The van der Waals surface area contributed by atoms with Gasteiger partial charge in [-0.1, -0.05) is 30.3 Å². The van der Waals surface area contributed by atoms with Gasteiger partial charge in [-0.15, -0.1) is 24.0 Å². The summed E-state index contributed by atoms with van der Waals surface area (Å²) in [7, 11) is 0. The summed E-state index contributed by atoms with van der Waals surface area (Å²) in [6.07, 6.45) is 4.89. The van der Waals surface area contributed by atoms with Crippen LogP contribution >= 0.6 is 24.0 Å². The molecular weight excluding hydrogens is 421 g/mol. The molecule has 25 heavy (non-hydrogen) atoms. The monoisotopic (exact) mass is 445 g/mol. The Labute approximate surface area is 166 Å². The smallest absolute Gasteiger partial charge is 0.193 e. The van der Waals surface area contributed by atoms with Crippen LogP contribution in [0.2, 0.25) is 0 Å². The van der Waals surface area contributed by atoms with Gasteiger partial charge in [0.2, 0.25) is 0 Å². The van der Waals surface area contributed by atoms with Crippen molar-refractivity contribution in [2.75, 3.05) is 11.9 Å². The Balaban J connectivity index is 0.00000157. The highest BCUT2D eigenvalue weighted by Gasteiger charge is 2.54. The van der Waals surface area contributed by atoms with E-state index in [4.69, 9.17) is 5.73 Å². The first-order chi connectivity index (χ1) is 11.8. The molecule has 2 aromatic carbocycles. The van der Waals surface area contributed by atoms with E-state index in [1.54, 1.807) is 5.56 Å². The second-order valence-electron chi connectivity index (χ2n) is 7.44. The van der Waals surface area contributed by atoms with Crippen LogP contribution in [-0.4, -0.2) is 12.5 Å². The molecule has 0 spiro atoms. The topological polar surface area (TPSA) is 50.4 Å². The van der Waals surface area contributed by atoms with Gasteiger partial charge in [-0.2, -0.15) is 0 Å². The van der Waals surface area contributed by atoms with Crippen LogP contribution in [0.3, 0.4) is 0 Å². The van der Waals surface area contributed by atoms with Crippen molar-refractivity contribution in [2.45, 2.75) is 31.6 Å². The van der Waals surface area contributed by atoms with Crippen molar-refractivity contribution < 1.29 is 0 Å². The molecule has 3 nitrogen and oxygen atoms in total. The number of anilines is 1. The third-order valence-electron chi connectivity index (χ3n) is 6.04. The summed E-state index contributed by atoms with van der Waals surface area (Å²) in [5, 5.41) is 3.27. The van der Waals surface area contributed by atoms with Crippen LogP contribution in [0.15, 0.2) is 47.5 Å². The maximum Gasteiger partial charge on any atom is 0.193 e. The zero-order valence-electron chi connectivity index (χ0n) is 14.2. The van der Waals surface area contributed by atoms with Gasteiger partial charge in [0.25, 0.3) is 0 Å². The number of fused-ring (bicyclic) bond motifs is 4. The maximum atomic E-state index is 6.11. The van der Waals surface area contributed by atoms with Crippen LogP contribution in [0.4, 0.5) is 5.69 Å². The third kappa shape index (κ3) is 3.05. The Kier molecular flexibility index (Phi) is 4.48. The molecule has 0 aromatic heterocycles. The molecule has 0 amide bonds. The summed E-state index contributed by atoms with van der Waals surface area (Å²) in [4.78, 5) is 4.61. The van der Waals surface area contributed by atoms with E-state index in [0.717, 1.165) is 24.1 Å². The van der Waals surface area contributed by atoms with E-state index in [-0.39, 0.29) is 24.0 Å². The van der Waals surface area contributed by atoms with Crippen molar-refractivity contribution in [3.63, 3.8) is 0 Å². The number of nitrogens with two attached hydrogens (primary N) is 1. The summed E-state index contributed by atoms with van der Waals surface area (Å²) in [5.41, 5.74) is 13.2. The maximum absolute atomic E-state index is 6.11. The molecule has 130 valence electrons. The van der Waals surface area contributed by atoms with Crippen molar-refractivity contribution in [1.82, 2.24) is 0 Å². The molecule has 3 atom stereocenters. The van der Waals surface area contributed by atoms with Crippen LogP contribution in [0.5, 0.6) is 0 Å². The van der Waals surface area contributed by atoms with E-state index in [0.29, 0.717) is 11.9 Å². The number of guanidine groups is 1. The molecule has 1 saturated carbocycles. The minimum Gasteiger partial charge on any atom is -0.370 e. The van der Waals surface area contributed by atoms with Crippen LogP contribution in [0, 0.1) is 11.8 Å². The molecule has 5 rings (SSSR count). The van der Waals surface area contributed by atoms with Crippen molar-refractivity contribution in [1.29, 1.82) is 0 Å². The van der Waals surface area contributed by atoms with Crippen molar-refractivity contribution in [2.24, 2.45) is 22.6 Å². The van der Waals surface area contributed by atoms with Gasteiger partial charge in [0.05, 0.1) is 0 Å². The van der Waals surface area contributed by atoms with E-state index in [2.05, 4.69) is 52.8 Å². The van der Waals surface area contributed by atoms with E-state index in [1.165, 1.54) is 42.4 Å². The van der Waals surface area contributed by atoms with Gasteiger partial charge < -0.3 is 11.1 Å². The summed E-state index contributed by atoms with van der Waals surface area (Å²) >= 11 is 0. The minimum absolute atomic E-state index is 0. The van der Waals surface area contributed by atoms with Crippen LogP contribution in [0.1, 0.15) is 34.6 Å². The van der Waals surface area contributed by atoms with Gasteiger partial charge in [0, 0.05) is 12.2 Å². The lowest BCUT2D eigenvalue weighted by molar-refractivity contribution is 0.701. The number of rotatable bonds is 3. The molecule has 3 N–H and O–H groups in total. The van der Waals surface area contributed by atoms with E-state index in [9.17, 15) is 0 Å². The zero-order valence-corrected chi connectivity index (χ0v) is 16.6. The average molecular weight is 445 g/mol. The first-order valence-electron chi connectivity index (χ1n) is 9.06. The second-order valence-corrected chi connectivity index (χ2v) is 7.44. The third-order valence-corrected chi connectivity index (χ3v) is 6.04. The highest BCUT2D eigenvalue weighted by molar-refractivity contribution is 14.0. The fraction of sp³-hybridized carbons (Fsp3) is 0.381. The van der Waals surface area contributed by atoms with Crippen LogP contribution in [-0.2, 0) is 19.3 Å². The molecule has 0 saturated heterocycles. The van der Waals surface area contributed by atoms with Gasteiger partial charge >= 0.3 is 0 Å². The lowest BCUT2D eigenvalue weighted by atomic mass is 10.0. The molecule has 2 aromatic rings. The predicted molar refractivity (Wildman–Crippen MR) is 114 cm³/mol. The fourth-order valence-corrected chi connectivity index (χ4v) is 4.77. The van der Waals surface area contributed by atoms with E-state index >= 15 is 0 Å². The van der Waals surface area contributed by atoms with E-state index < -0.39 is 0 Å².